The third-order valence-corrected chi connectivity index (χ3v) is 4.17. The van der Waals surface area contributed by atoms with E-state index in [0.717, 1.165) is 5.56 Å². The van der Waals surface area contributed by atoms with Crippen LogP contribution in [0, 0.1) is 0 Å². The van der Waals surface area contributed by atoms with Crippen LogP contribution in [-0.2, 0) is 20.7 Å². The van der Waals surface area contributed by atoms with Crippen LogP contribution in [0.3, 0.4) is 0 Å². The number of aliphatic hydroxyl groups is 4. The van der Waals surface area contributed by atoms with E-state index in [1.54, 1.807) is 18.2 Å². The fourth-order valence-electron chi connectivity index (χ4n) is 2.60. The lowest BCUT2D eigenvalue weighted by atomic mass is 9.99. The Balaban J connectivity index is 2.11. The molecule has 0 saturated carbocycles. The summed E-state index contributed by atoms with van der Waals surface area (Å²) in [5.41, 5.74) is 0.813. The molecule has 9 heteroatoms. The van der Waals surface area contributed by atoms with Gasteiger partial charge >= 0.3 is 5.97 Å². The lowest BCUT2D eigenvalue weighted by molar-refractivity contribution is -0.277. The van der Waals surface area contributed by atoms with Crippen LogP contribution in [0.1, 0.15) is 12.0 Å². The van der Waals surface area contributed by atoms with Crippen molar-refractivity contribution in [2.75, 3.05) is 20.8 Å². The van der Waals surface area contributed by atoms with Gasteiger partial charge in [0, 0.05) is 6.42 Å². The highest BCUT2D eigenvalue weighted by molar-refractivity contribution is 5.69. The monoisotopic (exact) mass is 372 g/mol. The smallest absolute Gasteiger partial charge is 0.305 e. The SMILES string of the molecule is COC(=O)CCc1ccc(O[C@@H]2O[C@H](CO)[C@@H](O)[C@H](O)[C@H]2O)c(OC)c1. The van der Waals surface area contributed by atoms with Crippen molar-refractivity contribution < 1.29 is 44.2 Å². The van der Waals surface area contributed by atoms with Crippen LogP contribution in [0.15, 0.2) is 18.2 Å². The fourth-order valence-corrected chi connectivity index (χ4v) is 2.60. The molecule has 1 aromatic carbocycles. The van der Waals surface area contributed by atoms with Crippen molar-refractivity contribution in [1.82, 2.24) is 0 Å². The molecular formula is C17H24O9. The van der Waals surface area contributed by atoms with E-state index < -0.39 is 37.3 Å². The molecule has 0 radical (unpaired) electrons. The molecule has 26 heavy (non-hydrogen) atoms. The van der Waals surface area contributed by atoms with Crippen molar-refractivity contribution in [3.8, 4) is 11.5 Å². The van der Waals surface area contributed by atoms with Gasteiger partial charge in [0.15, 0.2) is 11.5 Å². The van der Waals surface area contributed by atoms with Gasteiger partial charge in [0.2, 0.25) is 6.29 Å². The Morgan fingerprint density at radius 1 is 1.12 bits per heavy atom. The van der Waals surface area contributed by atoms with E-state index in [1.807, 2.05) is 0 Å². The minimum absolute atomic E-state index is 0.215. The van der Waals surface area contributed by atoms with Crippen molar-refractivity contribution in [3.05, 3.63) is 23.8 Å². The normalized spacial score (nSPS) is 28.5. The Hall–Kier alpha value is -1.91. The van der Waals surface area contributed by atoms with Gasteiger partial charge in [-0.3, -0.25) is 4.79 Å². The van der Waals surface area contributed by atoms with Gasteiger partial charge in [-0.15, -0.1) is 0 Å². The summed E-state index contributed by atoms with van der Waals surface area (Å²) >= 11 is 0. The van der Waals surface area contributed by atoms with Crippen LogP contribution in [-0.4, -0.2) is 77.9 Å². The maximum Gasteiger partial charge on any atom is 0.305 e. The molecule has 2 rings (SSSR count). The molecule has 1 heterocycles. The Bertz CT molecular complexity index is 604. The number of carbonyl (C=O) groups excluding carboxylic acids is 1. The van der Waals surface area contributed by atoms with Crippen LogP contribution in [0.2, 0.25) is 0 Å². The quantitative estimate of drug-likeness (QED) is 0.444. The predicted octanol–water partition coefficient (Wildman–Crippen LogP) is -1.02. The maximum absolute atomic E-state index is 11.2. The van der Waals surface area contributed by atoms with Gasteiger partial charge in [-0.05, 0) is 24.1 Å². The number of methoxy groups -OCH3 is 2. The third-order valence-electron chi connectivity index (χ3n) is 4.17. The molecule has 1 aromatic rings. The van der Waals surface area contributed by atoms with Crippen molar-refractivity contribution in [1.29, 1.82) is 0 Å². The average molecular weight is 372 g/mol. The number of hydrogen-bond donors (Lipinski definition) is 4. The molecule has 0 bridgehead atoms. The highest BCUT2D eigenvalue weighted by Crippen LogP contribution is 2.32. The summed E-state index contributed by atoms with van der Waals surface area (Å²) in [5, 5.41) is 38.9. The first kappa shape index (κ1) is 20.4. The molecule has 0 aliphatic carbocycles. The predicted molar refractivity (Wildman–Crippen MR) is 87.7 cm³/mol. The zero-order valence-corrected chi connectivity index (χ0v) is 14.6. The number of esters is 1. The molecule has 146 valence electrons. The molecule has 1 fully saturated rings. The van der Waals surface area contributed by atoms with E-state index in [9.17, 15) is 25.2 Å². The Morgan fingerprint density at radius 2 is 1.85 bits per heavy atom. The van der Waals surface area contributed by atoms with Crippen molar-refractivity contribution >= 4 is 5.97 Å². The molecular weight excluding hydrogens is 348 g/mol. The number of ether oxygens (including phenoxy) is 4. The topological polar surface area (TPSA) is 135 Å². The van der Waals surface area contributed by atoms with E-state index in [-0.39, 0.29) is 18.1 Å². The summed E-state index contributed by atoms with van der Waals surface area (Å²) in [6, 6.07) is 4.96. The Kier molecular flexibility index (Phi) is 7.18. The van der Waals surface area contributed by atoms with E-state index in [1.165, 1.54) is 14.2 Å². The minimum atomic E-state index is -1.53. The molecule has 5 atom stereocenters. The van der Waals surface area contributed by atoms with Gasteiger partial charge < -0.3 is 39.4 Å². The third kappa shape index (κ3) is 4.63. The first-order valence-corrected chi connectivity index (χ1v) is 8.12. The lowest BCUT2D eigenvalue weighted by Crippen LogP contribution is -2.60. The Morgan fingerprint density at radius 3 is 2.46 bits per heavy atom. The first-order chi connectivity index (χ1) is 12.4. The van der Waals surface area contributed by atoms with Gasteiger partial charge in [-0.2, -0.15) is 0 Å². The van der Waals surface area contributed by atoms with Crippen LogP contribution in [0.5, 0.6) is 11.5 Å². The lowest BCUT2D eigenvalue weighted by Gasteiger charge is -2.39. The van der Waals surface area contributed by atoms with Crippen LogP contribution in [0.4, 0.5) is 0 Å². The number of benzene rings is 1. The highest BCUT2D eigenvalue weighted by Gasteiger charge is 2.44. The number of aliphatic hydroxyl groups excluding tert-OH is 4. The van der Waals surface area contributed by atoms with Crippen LogP contribution < -0.4 is 9.47 Å². The molecule has 0 spiro atoms. The first-order valence-electron chi connectivity index (χ1n) is 8.12. The van der Waals surface area contributed by atoms with E-state index in [4.69, 9.17) is 14.2 Å². The molecule has 1 saturated heterocycles. The fraction of sp³-hybridized carbons (Fsp3) is 0.588. The molecule has 0 amide bonds. The number of rotatable bonds is 7. The van der Waals surface area contributed by atoms with E-state index >= 15 is 0 Å². The molecule has 4 N–H and O–H groups in total. The molecule has 0 aromatic heterocycles. The molecule has 9 nitrogen and oxygen atoms in total. The summed E-state index contributed by atoms with van der Waals surface area (Å²) in [7, 11) is 2.75. The van der Waals surface area contributed by atoms with Gasteiger partial charge in [0.1, 0.15) is 24.4 Å². The summed E-state index contributed by atoms with van der Waals surface area (Å²) in [5.74, 6) is 0.244. The number of hydrogen-bond acceptors (Lipinski definition) is 9. The van der Waals surface area contributed by atoms with Crippen molar-refractivity contribution in [2.45, 2.75) is 43.5 Å². The summed E-state index contributed by atoms with van der Waals surface area (Å²) in [6.45, 7) is -0.547. The summed E-state index contributed by atoms with van der Waals surface area (Å²) in [4.78, 5) is 11.2. The van der Waals surface area contributed by atoms with Crippen LogP contribution >= 0.6 is 0 Å². The summed E-state index contributed by atoms with van der Waals surface area (Å²) in [6.07, 6.45) is -6.22. The minimum Gasteiger partial charge on any atom is -0.493 e. The largest absolute Gasteiger partial charge is 0.493 e. The van der Waals surface area contributed by atoms with Gasteiger partial charge in [-0.25, -0.2) is 0 Å². The maximum atomic E-state index is 11.2. The van der Waals surface area contributed by atoms with E-state index in [0.29, 0.717) is 12.2 Å². The van der Waals surface area contributed by atoms with Gasteiger partial charge in [-0.1, -0.05) is 6.07 Å². The zero-order chi connectivity index (χ0) is 19.3. The Labute approximate surface area is 150 Å². The van der Waals surface area contributed by atoms with Crippen molar-refractivity contribution in [2.24, 2.45) is 0 Å². The molecule has 0 unspecified atom stereocenters. The van der Waals surface area contributed by atoms with Gasteiger partial charge in [0.05, 0.1) is 20.8 Å². The van der Waals surface area contributed by atoms with E-state index in [2.05, 4.69) is 4.74 Å². The summed E-state index contributed by atoms with van der Waals surface area (Å²) < 4.78 is 20.7. The average Bonchev–Trinajstić information content (AvgIpc) is 2.66. The van der Waals surface area contributed by atoms with Gasteiger partial charge in [0.25, 0.3) is 0 Å². The van der Waals surface area contributed by atoms with Crippen LogP contribution in [0.25, 0.3) is 0 Å². The second-order valence-corrected chi connectivity index (χ2v) is 5.88. The molecule has 1 aliphatic rings. The number of aryl methyl sites for hydroxylation is 1. The highest BCUT2D eigenvalue weighted by atomic mass is 16.7. The van der Waals surface area contributed by atoms with Crippen molar-refractivity contribution in [3.63, 3.8) is 0 Å². The standard InChI is InChI=1S/C17H24O9/c1-23-11-7-9(4-6-13(19)24-2)3-5-10(11)25-17-16(22)15(21)14(20)12(8-18)26-17/h3,5,7,12,14-18,20-22H,4,6,8H2,1-2H3/t12-,14-,15+,16-,17-/m1/s1. The second-order valence-electron chi connectivity index (χ2n) is 5.88. The number of carbonyl (C=O) groups is 1. The zero-order valence-electron chi connectivity index (χ0n) is 14.6. The molecule has 1 aliphatic heterocycles. The second kappa shape index (κ2) is 9.15.